The second-order valence-electron chi connectivity index (χ2n) is 6.13. The molecule has 1 unspecified atom stereocenters. The minimum atomic E-state index is -0.614. The van der Waals surface area contributed by atoms with E-state index in [0.29, 0.717) is 13.0 Å². The van der Waals surface area contributed by atoms with Gasteiger partial charge in [-0.1, -0.05) is 42.1 Å². The van der Waals surface area contributed by atoms with Gasteiger partial charge >= 0.3 is 0 Å². The van der Waals surface area contributed by atoms with E-state index in [1.807, 2.05) is 61.5 Å². The summed E-state index contributed by atoms with van der Waals surface area (Å²) in [4.78, 5) is 1.11. The molecule has 0 amide bonds. The molecule has 0 aliphatic carbocycles. The van der Waals surface area contributed by atoms with E-state index >= 15 is 0 Å². The molecule has 2 aromatic rings. The van der Waals surface area contributed by atoms with Crippen LogP contribution in [0.1, 0.15) is 18.9 Å². The average Bonchev–Trinajstić information content (AvgIpc) is 2.65. The van der Waals surface area contributed by atoms with Crippen LogP contribution in [0.2, 0.25) is 0 Å². The van der Waals surface area contributed by atoms with Crippen molar-refractivity contribution in [2.24, 2.45) is 0 Å². The Kier molecular flexibility index (Phi) is 6.37. The van der Waals surface area contributed by atoms with Gasteiger partial charge in [-0.25, -0.2) is 0 Å². The number of benzene rings is 2. The minimum absolute atomic E-state index is 0.0485. The number of hydrogen-bond donors (Lipinski definition) is 1. The molecule has 4 atom stereocenters. The summed E-state index contributed by atoms with van der Waals surface area (Å²) in [6, 6.07) is 17.9. The molecule has 0 radical (unpaired) electrons. The molecule has 1 aliphatic heterocycles. The highest BCUT2D eigenvalue weighted by Gasteiger charge is 2.36. The summed E-state index contributed by atoms with van der Waals surface area (Å²) in [5, 5.41) is 10.4. The number of methoxy groups -OCH3 is 1. The van der Waals surface area contributed by atoms with E-state index < -0.39 is 6.10 Å². The van der Waals surface area contributed by atoms with Crippen LogP contribution in [-0.4, -0.2) is 36.0 Å². The van der Waals surface area contributed by atoms with Crippen LogP contribution in [0.5, 0.6) is 5.75 Å². The minimum Gasteiger partial charge on any atom is -0.497 e. The first-order valence-electron chi connectivity index (χ1n) is 8.45. The molecule has 134 valence electrons. The van der Waals surface area contributed by atoms with Crippen molar-refractivity contribution >= 4 is 11.8 Å². The average molecular weight is 360 g/mol. The van der Waals surface area contributed by atoms with Crippen molar-refractivity contribution < 1.29 is 19.3 Å². The molecule has 0 bridgehead atoms. The highest BCUT2D eigenvalue weighted by atomic mass is 32.2. The fourth-order valence-electron chi connectivity index (χ4n) is 2.83. The molecular formula is C20H24O4S. The van der Waals surface area contributed by atoms with Gasteiger partial charge in [-0.05, 0) is 36.8 Å². The number of hydrogen-bond acceptors (Lipinski definition) is 5. The lowest BCUT2D eigenvalue weighted by molar-refractivity contribution is -0.160. The molecule has 3 rings (SSSR count). The van der Waals surface area contributed by atoms with Crippen LogP contribution in [0.4, 0.5) is 0 Å². The fraction of sp³-hybridized carbons (Fsp3) is 0.400. The van der Waals surface area contributed by atoms with Crippen LogP contribution in [-0.2, 0) is 16.1 Å². The molecule has 1 fully saturated rings. The first kappa shape index (κ1) is 18.3. The Labute approximate surface area is 153 Å². The van der Waals surface area contributed by atoms with Gasteiger partial charge in [0.05, 0.1) is 25.9 Å². The summed E-state index contributed by atoms with van der Waals surface area (Å²) < 4.78 is 17.1. The van der Waals surface area contributed by atoms with Gasteiger partial charge < -0.3 is 19.3 Å². The maximum absolute atomic E-state index is 10.4. The van der Waals surface area contributed by atoms with Gasteiger partial charge in [0, 0.05) is 11.3 Å². The van der Waals surface area contributed by atoms with Crippen molar-refractivity contribution in [3.8, 4) is 5.75 Å². The van der Waals surface area contributed by atoms with Gasteiger partial charge in [0.25, 0.3) is 0 Å². The highest BCUT2D eigenvalue weighted by molar-refractivity contribution is 7.99. The Morgan fingerprint density at radius 3 is 2.52 bits per heavy atom. The van der Waals surface area contributed by atoms with Crippen LogP contribution < -0.4 is 4.74 Å². The first-order valence-corrected chi connectivity index (χ1v) is 9.33. The smallest absolute Gasteiger partial charge is 0.118 e. The van der Waals surface area contributed by atoms with Crippen LogP contribution in [0.3, 0.4) is 0 Å². The molecule has 5 heteroatoms. The predicted octanol–water partition coefficient (Wildman–Crippen LogP) is 3.87. The monoisotopic (exact) mass is 360 g/mol. The molecule has 0 saturated carbocycles. The molecular weight excluding hydrogens is 336 g/mol. The molecule has 0 aromatic heterocycles. The summed E-state index contributed by atoms with van der Waals surface area (Å²) in [5.74, 6) is 0.835. The van der Waals surface area contributed by atoms with Gasteiger partial charge in [0.2, 0.25) is 0 Å². The van der Waals surface area contributed by atoms with Crippen LogP contribution in [0, 0.1) is 0 Å². The highest BCUT2D eigenvalue weighted by Crippen LogP contribution is 2.34. The Morgan fingerprint density at radius 2 is 1.84 bits per heavy atom. The van der Waals surface area contributed by atoms with E-state index in [9.17, 15) is 5.11 Å². The van der Waals surface area contributed by atoms with Gasteiger partial charge in [-0.3, -0.25) is 0 Å². The summed E-state index contributed by atoms with van der Waals surface area (Å²) >= 11 is 1.65. The lowest BCUT2D eigenvalue weighted by Crippen LogP contribution is -2.47. The van der Waals surface area contributed by atoms with E-state index in [2.05, 4.69) is 0 Å². The quantitative estimate of drug-likeness (QED) is 0.847. The molecule has 2 aromatic carbocycles. The van der Waals surface area contributed by atoms with E-state index in [-0.39, 0.29) is 17.6 Å². The number of ether oxygens (including phenoxy) is 3. The van der Waals surface area contributed by atoms with Crippen LogP contribution in [0.15, 0.2) is 59.5 Å². The number of rotatable bonds is 6. The third kappa shape index (κ3) is 4.98. The van der Waals surface area contributed by atoms with Crippen molar-refractivity contribution in [3.05, 3.63) is 60.2 Å². The summed E-state index contributed by atoms with van der Waals surface area (Å²) in [6.07, 6.45) is -0.462. The number of aliphatic hydroxyl groups excluding tert-OH is 1. The maximum Gasteiger partial charge on any atom is 0.118 e. The zero-order chi connectivity index (χ0) is 17.6. The lowest BCUT2D eigenvalue weighted by Gasteiger charge is -2.37. The van der Waals surface area contributed by atoms with Gasteiger partial charge in [-0.2, -0.15) is 0 Å². The van der Waals surface area contributed by atoms with Crippen molar-refractivity contribution in [3.63, 3.8) is 0 Å². The molecule has 1 N–H and O–H groups in total. The third-order valence-electron chi connectivity index (χ3n) is 4.29. The molecule has 1 saturated heterocycles. The molecule has 1 heterocycles. The standard InChI is InChI=1S/C20H24O4S/c1-14-20(21)18(23-13-15-6-4-3-5-7-15)12-19(24-14)25-17-10-8-16(22-2)9-11-17/h3-11,14,18-21H,12-13H2,1-2H3/t14-,18-,19?,20+/m0/s1. The first-order chi connectivity index (χ1) is 12.2. The van der Waals surface area contributed by atoms with E-state index in [0.717, 1.165) is 16.2 Å². The zero-order valence-electron chi connectivity index (χ0n) is 14.5. The zero-order valence-corrected chi connectivity index (χ0v) is 15.3. The fourth-order valence-corrected chi connectivity index (χ4v) is 3.95. The number of thioether (sulfide) groups is 1. The summed E-state index contributed by atoms with van der Waals surface area (Å²) in [6.45, 7) is 2.39. The second kappa shape index (κ2) is 8.72. The molecule has 25 heavy (non-hydrogen) atoms. The molecule has 1 aliphatic rings. The van der Waals surface area contributed by atoms with Crippen molar-refractivity contribution in [1.29, 1.82) is 0 Å². The third-order valence-corrected chi connectivity index (χ3v) is 5.40. The summed E-state index contributed by atoms with van der Waals surface area (Å²) in [5.41, 5.74) is 1.06. The Morgan fingerprint density at radius 1 is 1.12 bits per heavy atom. The van der Waals surface area contributed by atoms with E-state index in [1.165, 1.54) is 0 Å². The normalized spacial score (nSPS) is 26.4. The van der Waals surface area contributed by atoms with Gasteiger partial charge in [-0.15, -0.1) is 0 Å². The Hall–Kier alpha value is -1.53. The van der Waals surface area contributed by atoms with Gasteiger partial charge in [0.1, 0.15) is 17.3 Å². The Balaban J connectivity index is 1.59. The van der Waals surface area contributed by atoms with Gasteiger partial charge in [0.15, 0.2) is 0 Å². The number of aliphatic hydroxyl groups is 1. The topological polar surface area (TPSA) is 47.9 Å². The summed E-state index contributed by atoms with van der Waals surface area (Å²) in [7, 11) is 1.66. The molecule has 4 nitrogen and oxygen atoms in total. The van der Waals surface area contributed by atoms with Crippen LogP contribution in [0.25, 0.3) is 0 Å². The van der Waals surface area contributed by atoms with E-state index in [1.54, 1.807) is 18.9 Å². The predicted molar refractivity (Wildman–Crippen MR) is 98.8 cm³/mol. The molecule has 0 spiro atoms. The Bertz CT molecular complexity index is 647. The van der Waals surface area contributed by atoms with Crippen LogP contribution >= 0.6 is 11.8 Å². The lowest BCUT2D eigenvalue weighted by atomic mass is 10.0. The largest absolute Gasteiger partial charge is 0.497 e. The maximum atomic E-state index is 10.4. The second-order valence-corrected chi connectivity index (χ2v) is 7.36. The van der Waals surface area contributed by atoms with E-state index in [4.69, 9.17) is 14.2 Å². The van der Waals surface area contributed by atoms with Crippen molar-refractivity contribution in [2.45, 2.75) is 48.6 Å². The van der Waals surface area contributed by atoms with Crippen molar-refractivity contribution in [1.82, 2.24) is 0 Å². The van der Waals surface area contributed by atoms with Crippen molar-refractivity contribution in [2.75, 3.05) is 7.11 Å². The SMILES string of the molecule is COc1ccc(SC2C[C@H](OCc3ccccc3)[C@H](O)[C@H](C)O2)cc1.